The lowest BCUT2D eigenvalue weighted by molar-refractivity contribution is -0.120. The third-order valence-electron chi connectivity index (χ3n) is 4.15. The third-order valence-corrected chi connectivity index (χ3v) is 4.15. The minimum Gasteiger partial charge on any atom is -0.494 e. The molecule has 0 fully saturated rings. The monoisotopic (exact) mass is 412 g/mol. The van der Waals surface area contributed by atoms with E-state index in [0.29, 0.717) is 29.4 Å². The van der Waals surface area contributed by atoms with Gasteiger partial charge in [0.05, 0.1) is 20.8 Å². The average Bonchev–Trinajstić information content (AvgIpc) is 2.74. The highest BCUT2D eigenvalue weighted by Gasteiger charge is 2.13. The molecule has 0 saturated carbocycles. The van der Waals surface area contributed by atoms with E-state index in [-0.39, 0.29) is 11.6 Å². The van der Waals surface area contributed by atoms with E-state index >= 15 is 0 Å². The molecule has 2 amide bonds. The second-order valence-corrected chi connectivity index (χ2v) is 6.53. The van der Waals surface area contributed by atoms with Crippen LogP contribution in [0.2, 0.25) is 0 Å². The van der Waals surface area contributed by atoms with Crippen molar-refractivity contribution in [3.05, 3.63) is 53.7 Å². The quantitative estimate of drug-likeness (QED) is 0.455. The molecule has 7 nitrogen and oxygen atoms in total. The normalized spacial score (nSPS) is 10.9. The summed E-state index contributed by atoms with van der Waals surface area (Å²) < 4.78 is 16.1. The van der Waals surface area contributed by atoms with Crippen LogP contribution in [0, 0.1) is 0 Å². The number of hydrogen-bond acceptors (Lipinski definition) is 5. The van der Waals surface area contributed by atoms with Crippen molar-refractivity contribution in [2.45, 2.75) is 26.7 Å². The van der Waals surface area contributed by atoms with Crippen molar-refractivity contribution in [2.24, 2.45) is 0 Å². The van der Waals surface area contributed by atoms with Crippen molar-refractivity contribution < 1.29 is 23.8 Å². The van der Waals surface area contributed by atoms with E-state index in [4.69, 9.17) is 14.2 Å². The molecule has 2 aromatic carbocycles. The molecular formula is C23H28N2O5. The first-order valence-corrected chi connectivity index (χ1v) is 9.72. The van der Waals surface area contributed by atoms with Crippen LogP contribution < -0.4 is 24.8 Å². The number of anilines is 1. The Labute approximate surface area is 177 Å². The molecule has 2 rings (SSSR count). The molecule has 0 aliphatic rings. The minimum absolute atomic E-state index is 0.109. The third kappa shape index (κ3) is 6.84. The predicted molar refractivity (Wildman–Crippen MR) is 117 cm³/mol. The van der Waals surface area contributed by atoms with Crippen molar-refractivity contribution in [1.82, 2.24) is 5.32 Å². The van der Waals surface area contributed by atoms with E-state index in [0.717, 1.165) is 18.6 Å². The zero-order valence-corrected chi connectivity index (χ0v) is 17.8. The van der Waals surface area contributed by atoms with Crippen LogP contribution in [-0.4, -0.2) is 32.6 Å². The SMILES string of the molecule is CCCCOc1ccc(NC(=O)/C(=C/c2ccc(OC)c(OC)c2)NC(C)=O)cc1. The first kappa shape index (κ1) is 22.8. The van der Waals surface area contributed by atoms with E-state index < -0.39 is 5.91 Å². The molecule has 7 heteroatoms. The van der Waals surface area contributed by atoms with Crippen LogP contribution >= 0.6 is 0 Å². The molecule has 0 spiro atoms. The number of ether oxygens (including phenoxy) is 3. The van der Waals surface area contributed by atoms with Crippen LogP contribution in [-0.2, 0) is 9.59 Å². The lowest BCUT2D eigenvalue weighted by Gasteiger charge is -2.12. The Balaban J connectivity index is 2.17. The number of nitrogens with one attached hydrogen (secondary N) is 2. The Kier molecular flexibility index (Phi) is 8.75. The highest BCUT2D eigenvalue weighted by Crippen LogP contribution is 2.28. The largest absolute Gasteiger partial charge is 0.494 e. The van der Waals surface area contributed by atoms with Crippen LogP contribution in [0.1, 0.15) is 32.3 Å². The molecule has 0 aliphatic carbocycles. The Bertz CT molecular complexity index is 891. The molecule has 30 heavy (non-hydrogen) atoms. The summed E-state index contributed by atoms with van der Waals surface area (Å²) >= 11 is 0. The maximum atomic E-state index is 12.7. The number of amides is 2. The molecule has 0 radical (unpaired) electrons. The Morgan fingerprint density at radius 3 is 2.30 bits per heavy atom. The Hall–Kier alpha value is -3.48. The molecule has 2 aromatic rings. The fourth-order valence-electron chi connectivity index (χ4n) is 2.62. The van der Waals surface area contributed by atoms with Gasteiger partial charge >= 0.3 is 0 Å². The van der Waals surface area contributed by atoms with Crippen molar-refractivity contribution in [3.8, 4) is 17.2 Å². The highest BCUT2D eigenvalue weighted by molar-refractivity contribution is 6.08. The zero-order valence-electron chi connectivity index (χ0n) is 17.8. The van der Waals surface area contributed by atoms with Crippen LogP contribution in [0.3, 0.4) is 0 Å². The summed E-state index contributed by atoms with van der Waals surface area (Å²) in [5, 5.41) is 5.35. The van der Waals surface area contributed by atoms with Gasteiger partial charge in [-0.05, 0) is 54.5 Å². The lowest BCUT2D eigenvalue weighted by atomic mass is 10.1. The van der Waals surface area contributed by atoms with Crippen molar-refractivity contribution in [1.29, 1.82) is 0 Å². The second-order valence-electron chi connectivity index (χ2n) is 6.53. The first-order valence-electron chi connectivity index (χ1n) is 9.72. The summed E-state index contributed by atoms with van der Waals surface area (Å²) in [7, 11) is 3.08. The molecule has 0 heterocycles. The minimum atomic E-state index is -0.445. The summed E-state index contributed by atoms with van der Waals surface area (Å²) in [5.41, 5.74) is 1.37. The summed E-state index contributed by atoms with van der Waals surface area (Å²) in [6.07, 6.45) is 3.62. The van der Waals surface area contributed by atoms with E-state index in [2.05, 4.69) is 17.6 Å². The maximum absolute atomic E-state index is 12.7. The number of hydrogen-bond donors (Lipinski definition) is 2. The van der Waals surface area contributed by atoms with Crippen LogP contribution in [0.25, 0.3) is 6.08 Å². The summed E-state index contributed by atoms with van der Waals surface area (Å²) in [6, 6.07) is 12.3. The van der Waals surface area contributed by atoms with Gasteiger partial charge in [0.1, 0.15) is 11.4 Å². The van der Waals surface area contributed by atoms with Crippen LogP contribution in [0.4, 0.5) is 5.69 Å². The smallest absolute Gasteiger partial charge is 0.272 e. The number of rotatable bonds is 10. The predicted octanol–water partition coefficient (Wildman–Crippen LogP) is 4.00. The van der Waals surface area contributed by atoms with Gasteiger partial charge in [-0.15, -0.1) is 0 Å². The summed E-state index contributed by atoms with van der Waals surface area (Å²) in [4.78, 5) is 24.3. The number of carbonyl (C=O) groups is 2. The molecule has 0 saturated heterocycles. The summed E-state index contributed by atoms with van der Waals surface area (Å²) in [5.74, 6) is 1.04. The van der Waals surface area contributed by atoms with Gasteiger partial charge in [0.15, 0.2) is 11.5 Å². The molecule has 160 valence electrons. The zero-order chi connectivity index (χ0) is 21.9. The summed E-state index contributed by atoms with van der Waals surface area (Å²) in [6.45, 7) is 4.10. The maximum Gasteiger partial charge on any atom is 0.272 e. The number of benzene rings is 2. The Morgan fingerprint density at radius 1 is 1.00 bits per heavy atom. The van der Waals surface area contributed by atoms with E-state index in [1.54, 1.807) is 55.7 Å². The van der Waals surface area contributed by atoms with Gasteiger partial charge in [0.2, 0.25) is 5.91 Å². The standard InChI is InChI=1S/C23H28N2O5/c1-5-6-13-30-19-10-8-18(9-11-19)25-23(27)20(24-16(2)26)14-17-7-12-21(28-3)22(15-17)29-4/h7-12,14-15H,5-6,13H2,1-4H3,(H,24,26)(H,25,27)/b20-14-. The molecule has 0 aliphatic heterocycles. The number of methoxy groups -OCH3 is 2. The van der Waals surface area contributed by atoms with Gasteiger partial charge in [-0.1, -0.05) is 19.4 Å². The van der Waals surface area contributed by atoms with Gasteiger partial charge < -0.3 is 24.8 Å². The topological polar surface area (TPSA) is 85.9 Å². The van der Waals surface area contributed by atoms with Crippen molar-refractivity contribution in [2.75, 3.05) is 26.1 Å². The number of carbonyl (C=O) groups excluding carboxylic acids is 2. The van der Waals surface area contributed by atoms with Gasteiger partial charge in [0.25, 0.3) is 5.91 Å². The van der Waals surface area contributed by atoms with E-state index in [9.17, 15) is 9.59 Å². The van der Waals surface area contributed by atoms with Crippen molar-refractivity contribution in [3.63, 3.8) is 0 Å². The second kappa shape index (κ2) is 11.5. The van der Waals surface area contributed by atoms with Gasteiger partial charge in [-0.2, -0.15) is 0 Å². The molecule has 2 N–H and O–H groups in total. The van der Waals surface area contributed by atoms with Crippen LogP contribution in [0.15, 0.2) is 48.2 Å². The van der Waals surface area contributed by atoms with Gasteiger partial charge in [-0.25, -0.2) is 0 Å². The average molecular weight is 412 g/mol. The number of unbranched alkanes of at least 4 members (excludes halogenated alkanes) is 1. The lowest BCUT2D eigenvalue weighted by Crippen LogP contribution is -2.28. The van der Waals surface area contributed by atoms with Gasteiger partial charge in [-0.3, -0.25) is 9.59 Å². The molecule has 0 unspecified atom stereocenters. The van der Waals surface area contributed by atoms with E-state index in [1.807, 2.05) is 0 Å². The fourth-order valence-corrected chi connectivity index (χ4v) is 2.62. The molecule has 0 atom stereocenters. The van der Waals surface area contributed by atoms with Crippen molar-refractivity contribution >= 4 is 23.6 Å². The first-order chi connectivity index (χ1) is 14.5. The molecule has 0 aromatic heterocycles. The van der Waals surface area contributed by atoms with Crippen LogP contribution in [0.5, 0.6) is 17.2 Å². The molecule has 0 bridgehead atoms. The fraction of sp³-hybridized carbons (Fsp3) is 0.304. The molecular weight excluding hydrogens is 384 g/mol. The van der Waals surface area contributed by atoms with Gasteiger partial charge in [0, 0.05) is 12.6 Å². The highest BCUT2D eigenvalue weighted by atomic mass is 16.5. The van der Waals surface area contributed by atoms with E-state index in [1.165, 1.54) is 14.0 Å². The Morgan fingerprint density at radius 2 is 1.70 bits per heavy atom.